The van der Waals surface area contributed by atoms with E-state index in [4.69, 9.17) is 4.74 Å². The minimum absolute atomic E-state index is 0.113. The second-order valence-corrected chi connectivity index (χ2v) is 5.54. The number of hydrogen-bond acceptors (Lipinski definition) is 4. The van der Waals surface area contributed by atoms with Crippen molar-refractivity contribution in [1.29, 1.82) is 0 Å². The van der Waals surface area contributed by atoms with Crippen molar-refractivity contribution in [2.45, 2.75) is 6.61 Å². The third-order valence-electron chi connectivity index (χ3n) is 3.66. The number of aldehydes is 1. The summed E-state index contributed by atoms with van der Waals surface area (Å²) in [6.45, 7) is 0.262. The molecule has 0 aliphatic rings. The van der Waals surface area contributed by atoms with Crippen LogP contribution < -0.4 is 15.5 Å². The number of carbonyl (C=O) groups excluding carboxylic acids is 2. The molecule has 1 amide bonds. The lowest BCUT2D eigenvalue weighted by molar-refractivity contribution is 0.102. The van der Waals surface area contributed by atoms with Crippen LogP contribution in [-0.2, 0) is 6.61 Å². The summed E-state index contributed by atoms with van der Waals surface area (Å²) >= 11 is 0. The van der Waals surface area contributed by atoms with Crippen LogP contribution in [0.15, 0.2) is 71.7 Å². The van der Waals surface area contributed by atoms with E-state index in [2.05, 4.69) is 10.3 Å². The zero-order chi connectivity index (χ0) is 18.4. The van der Waals surface area contributed by atoms with Crippen molar-refractivity contribution in [3.05, 3.63) is 93.9 Å². The second kappa shape index (κ2) is 7.94. The molecule has 2 aromatic carbocycles. The Kier molecular flexibility index (Phi) is 5.24. The van der Waals surface area contributed by atoms with Gasteiger partial charge in [0.05, 0.1) is 0 Å². The van der Waals surface area contributed by atoms with Gasteiger partial charge in [-0.25, -0.2) is 0 Å². The molecule has 26 heavy (non-hydrogen) atoms. The molecule has 0 saturated heterocycles. The number of benzene rings is 2. The Bertz CT molecular complexity index is 963. The van der Waals surface area contributed by atoms with Gasteiger partial charge in [0.2, 0.25) is 5.43 Å². The molecule has 0 bridgehead atoms. The van der Waals surface area contributed by atoms with Crippen LogP contribution in [0.5, 0.6) is 5.75 Å². The molecule has 0 atom stereocenters. The van der Waals surface area contributed by atoms with E-state index in [1.54, 1.807) is 24.3 Å². The Morgan fingerprint density at radius 3 is 2.46 bits per heavy atom. The Hall–Kier alpha value is -3.67. The van der Waals surface area contributed by atoms with E-state index in [9.17, 15) is 14.4 Å². The highest BCUT2D eigenvalue weighted by molar-refractivity contribution is 6.02. The number of rotatable bonds is 6. The molecule has 3 aromatic rings. The van der Waals surface area contributed by atoms with E-state index in [0.717, 1.165) is 11.8 Å². The van der Waals surface area contributed by atoms with Crippen molar-refractivity contribution >= 4 is 17.9 Å². The first kappa shape index (κ1) is 17.2. The van der Waals surface area contributed by atoms with Gasteiger partial charge in [0, 0.05) is 23.5 Å². The molecule has 0 saturated carbocycles. The van der Waals surface area contributed by atoms with Crippen molar-refractivity contribution < 1.29 is 14.3 Å². The topological polar surface area (TPSA) is 88.3 Å². The Labute approximate surface area is 149 Å². The molecule has 0 fully saturated rings. The predicted molar refractivity (Wildman–Crippen MR) is 97.6 cm³/mol. The number of nitrogens with one attached hydrogen (secondary N) is 2. The molecule has 0 spiro atoms. The van der Waals surface area contributed by atoms with Crippen molar-refractivity contribution in [2.24, 2.45) is 0 Å². The number of H-pyrrole nitrogens is 1. The first-order valence-electron chi connectivity index (χ1n) is 7.92. The number of aromatic amines is 1. The summed E-state index contributed by atoms with van der Waals surface area (Å²) in [6.07, 6.45) is 2.09. The number of ether oxygens (including phenoxy) is 1. The van der Waals surface area contributed by atoms with Crippen LogP contribution in [0.2, 0.25) is 0 Å². The van der Waals surface area contributed by atoms with E-state index < -0.39 is 5.91 Å². The number of pyridine rings is 1. The molecule has 0 aliphatic heterocycles. The Morgan fingerprint density at radius 1 is 1.08 bits per heavy atom. The van der Waals surface area contributed by atoms with Crippen molar-refractivity contribution in [2.75, 3.05) is 5.32 Å². The van der Waals surface area contributed by atoms with Crippen LogP contribution >= 0.6 is 0 Å². The minimum atomic E-state index is -0.462. The van der Waals surface area contributed by atoms with Crippen molar-refractivity contribution in [3.63, 3.8) is 0 Å². The fourth-order valence-electron chi connectivity index (χ4n) is 2.28. The van der Waals surface area contributed by atoms with E-state index >= 15 is 0 Å². The van der Waals surface area contributed by atoms with Gasteiger partial charge in [-0.2, -0.15) is 0 Å². The normalized spacial score (nSPS) is 10.2. The molecule has 3 rings (SSSR count). The van der Waals surface area contributed by atoms with Crippen molar-refractivity contribution in [3.8, 4) is 5.75 Å². The van der Waals surface area contributed by atoms with E-state index in [1.807, 2.05) is 30.3 Å². The quantitative estimate of drug-likeness (QED) is 0.670. The van der Waals surface area contributed by atoms with Gasteiger partial charge in [0.25, 0.3) is 5.91 Å². The number of carbonyl (C=O) groups is 2. The highest BCUT2D eigenvalue weighted by Gasteiger charge is 2.10. The van der Waals surface area contributed by atoms with Gasteiger partial charge >= 0.3 is 0 Å². The number of amides is 1. The average Bonchev–Trinajstić information content (AvgIpc) is 2.68. The fraction of sp³-hybridized carbons (Fsp3) is 0.0500. The third-order valence-corrected chi connectivity index (χ3v) is 3.66. The molecule has 130 valence electrons. The maximum absolute atomic E-state index is 12.2. The summed E-state index contributed by atoms with van der Waals surface area (Å²) in [6, 6.07) is 17.0. The van der Waals surface area contributed by atoms with Gasteiger partial charge in [-0.3, -0.25) is 14.4 Å². The molecule has 1 aromatic heterocycles. The monoisotopic (exact) mass is 348 g/mol. The molecule has 0 aliphatic carbocycles. The summed E-state index contributed by atoms with van der Waals surface area (Å²) in [5.74, 6) is -0.323. The summed E-state index contributed by atoms with van der Waals surface area (Å²) in [4.78, 5) is 37.8. The molecule has 6 nitrogen and oxygen atoms in total. The third kappa shape index (κ3) is 4.24. The molecule has 0 unspecified atom stereocenters. The van der Waals surface area contributed by atoms with Gasteiger partial charge in [-0.1, -0.05) is 30.3 Å². The van der Waals surface area contributed by atoms with Crippen LogP contribution in [0, 0.1) is 0 Å². The Morgan fingerprint density at radius 2 is 1.81 bits per heavy atom. The van der Waals surface area contributed by atoms with Crippen LogP contribution in [-0.4, -0.2) is 17.2 Å². The zero-order valence-corrected chi connectivity index (χ0v) is 13.8. The number of aromatic nitrogens is 1. The smallest absolute Gasteiger partial charge is 0.272 e. The van der Waals surface area contributed by atoms with Crippen LogP contribution in [0.25, 0.3) is 0 Å². The lowest BCUT2D eigenvalue weighted by atomic mass is 10.2. The largest absolute Gasteiger partial charge is 0.483 e. The summed E-state index contributed by atoms with van der Waals surface area (Å²) in [7, 11) is 0. The van der Waals surface area contributed by atoms with Gasteiger partial charge in [0.15, 0.2) is 5.75 Å². The molecule has 0 radical (unpaired) electrons. The van der Waals surface area contributed by atoms with Crippen molar-refractivity contribution in [1.82, 2.24) is 4.98 Å². The lowest BCUT2D eigenvalue weighted by Crippen LogP contribution is -2.17. The van der Waals surface area contributed by atoms with Crippen LogP contribution in [0.1, 0.15) is 26.4 Å². The molecule has 6 heteroatoms. The van der Waals surface area contributed by atoms with Crippen LogP contribution in [0.4, 0.5) is 5.69 Å². The van der Waals surface area contributed by atoms with Gasteiger partial charge in [0.1, 0.15) is 18.6 Å². The maximum atomic E-state index is 12.2. The van der Waals surface area contributed by atoms with E-state index in [-0.39, 0.29) is 23.5 Å². The maximum Gasteiger partial charge on any atom is 0.272 e. The number of anilines is 1. The molecular weight excluding hydrogens is 332 g/mol. The summed E-state index contributed by atoms with van der Waals surface area (Å²) < 4.78 is 5.49. The first-order valence-corrected chi connectivity index (χ1v) is 7.92. The first-order chi connectivity index (χ1) is 12.7. The summed E-state index contributed by atoms with van der Waals surface area (Å²) in [5.41, 5.74) is 1.69. The minimum Gasteiger partial charge on any atom is -0.483 e. The van der Waals surface area contributed by atoms with Gasteiger partial charge < -0.3 is 15.0 Å². The van der Waals surface area contributed by atoms with E-state index in [0.29, 0.717) is 11.3 Å². The second-order valence-electron chi connectivity index (χ2n) is 5.54. The van der Waals surface area contributed by atoms with Gasteiger partial charge in [-0.05, 0) is 29.8 Å². The highest BCUT2D eigenvalue weighted by Crippen LogP contribution is 2.11. The lowest BCUT2D eigenvalue weighted by Gasteiger charge is -2.08. The SMILES string of the molecule is O=Cc1ccc(NC(=O)c2cc(=O)c(OCc3ccccc3)c[nH]2)cc1. The Balaban J connectivity index is 1.66. The fourth-order valence-corrected chi connectivity index (χ4v) is 2.28. The summed E-state index contributed by atoms with van der Waals surface area (Å²) in [5, 5.41) is 2.65. The molecule has 1 heterocycles. The van der Waals surface area contributed by atoms with E-state index in [1.165, 1.54) is 12.3 Å². The van der Waals surface area contributed by atoms with Gasteiger partial charge in [-0.15, -0.1) is 0 Å². The highest BCUT2D eigenvalue weighted by atomic mass is 16.5. The van der Waals surface area contributed by atoms with Crippen LogP contribution in [0.3, 0.4) is 0 Å². The molecule has 2 N–H and O–H groups in total. The zero-order valence-electron chi connectivity index (χ0n) is 13.8. The average molecular weight is 348 g/mol. The standard InChI is InChI=1S/C20H16N2O4/c23-12-14-6-8-16(9-7-14)22-20(25)17-10-18(24)19(11-21-17)26-13-15-4-2-1-3-5-15/h1-12H,13H2,(H,21,24)(H,22,25). The molecular formula is C20H16N2O4. The predicted octanol–water partition coefficient (Wildman–Crippen LogP) is 3.02. The number of hydrogen-bond donors (Lipinski definition) is 2.